The number of rotatable bonds is 12. The number of thiazole rings is 1. The fraction of sp³-hybridized carbons (Fsp3) is 0.0857. The molecule has 46 heavy (non-hydrogen) atoms. The van der Waals surface area contributed by atoms with E-state index in [0.717, 1.165) is 21.9 Å². The molecule has 3 amide bonds. The zero-order chi connectivity index (χ0) is 32.3. The summed E-state index contributed by atoms with van der Waals surface area (Å²) in [5.41, 5.74) is 3.39. The first-order chi connectivity index (χ1) is 22.4. The molecule has 0 saturated heterocycles. The quantitative estimate of drug-likeness (QED) is 0.0986. The van der Waals surface area contributed by atoms with E-state index >= 15 is 0 Å². The standard InChI is InChI=1S/C35H30N4O5S2/c1-43-27-15-11-23(12-16-27)19-30(37-33(41)24-7-4-3-5-8-24)34(42)36-26-13-17-29(18-14-26)45-22-32(40)39-35-38-31(21-46-35)25-9-6-10-28(20-25)44-2/h3-21H,22H2,1-2H3,(H,36,42)(H,37,41)(H,38,39,40)/b30-19-. The number of nitrogens with one attached hydrogen (secondary N) is 3. The maximum Gasteiger partial charge on any atom is 0.272 e. The van der Waals surface area contributed by atoms with E-state index in [1.807, 2.05) is 47.8 Å². The molecule has 4 aromatic carbocycles. The van der Waals surface area contributed by atoms with Crippen LogP contribution in [0.2, 0.25) is 0 Å². The lowest BCUT2D eigenvalue weighted by atomic mass is 10.1. The van der Waals surface area contributed by atoms with E-state index in [4.69, 9.17) is 9.47 Å². The Balaban J connectivity index is 1.18. The lowest BCUT2D eigenvalue weighted by Crippen LogP contribution is -2.30. The van der Waals surface area contributed by atoms with E-state index in [2.05, 4.69) is 20.9 Å². The molecule has 3 N–H and O–H groups in total. The molecule has 0 spiro atoms. The van der Waals surface area contributed by atoms with Crippen LogP contribution in [0.4, 0.5) is 10.8 Å². The molecule has 1 heterocycles. The van der Waals surface area contributed by atoms with Gasteiger partial charge in [0, 0.05) is 27.1 Å². The summed E-state index contributed by atoms with van der Waals surface area (Å²) in [6, 6.07) is 30.5. The predicted octanol–water partition coefficient (Wildman–Crippen LogP) is 6.97. The molecule has 0 radical (unpaired) electrons. The minimum Gasteiger partial charge on any atom is -0.497 e. The van der Waals surface area contributed by atoms with Crippen molar-refractivity contribution in [3.8, 4) is 22.8 Å². The Labute approximate surface area is 274 Å². The van der Waals surface area contributed by atoms with E-state index in [0.29, 0.717) is 27.7 Å². The third-order valence-corrected chi connectivity index (χ3v) is 8.32. The number of anilines is 2. The van der Waals surface area contributed by atoms with Gasteiger partial charge in [0.1, 0.15) is 17.2 Å². The molecule has 5 rings (SSSR count). The smallest absolute Gasteiger partial charge is 0.272 e. The predicted molar refractivity (Wildman–Crippen MR) is 183 cm³/mol. The highest BCUT2D eigenvalue weighted by Gasteiger charge is 2.16. The number of ether oxygens (including phenoxy) is 2. The van der Waals surface area contributed by atoms with E-state index in [1.54, 1.807) is 81.0 Å². The van der Waals surface area contributed by atoms with Crippen LogP contribution in [-0.2, 0) is 9.59 Å². The molecule has 0 aliphatic heterocycles. The number of carbonyl (C=O) groups excluding carboxylic acids is 3. The SMILES string of the molecule is COc1ccc(/C=C(\NC(=O)c2ccccc2)C(=O)Nc2ccc(SCC(=O)Nc3nc(-c4cccc(OC)c4)cs3)cc2)cc1. The summed E-state index contributed by atoms with van der Waals surface area (Å²) in [6.07, 6.45) is 1.60. The molecular weight excluding hydrogens is 621 g/mol. The lowest BCUT2D eigenvalue weighted by Gasteiger charge is -2.12. The van der Waals surface area contributed by atoms with Crippen LogP contribution in [0, 0.1) is 0 Å². The van der Waals surface area contributed by atoms with Gasteiger partial charge < -0.3 is 25.4 Å². The summed E-state index contributed by atoms with van der Waals surface area (Å²) in [5, 5.41) is 10.8. The van der Waals surface area contributed by atoms with Crippen molar-refractivity contribution >= 4 is 57.7 Å². The van der Waals surface area contributed by atoms with Crippen molar-refractivity contribution in [1.82, 2.24) is 10.3 Å². The third-order valence-electron chi connectivity index (χ3n) is 6.55. The molecule has 0 atom stereocenters. The molecule has 0 unspecified atom stereocenters. The second-order valence-electron chi connectivity index (χ2n) is 9.74. The Kier molecular flexibility index (Phi) is 10.8. The highest BCUT2D eigenvalue weighted by atomic mass is 32.2. The van der Waals surface area contributed by atoms with Crippen molar-refractivity contribution < 1.29 is 23.9 Å². The first-order valence-corrected chi connectivity index (χ1v) is 15.9. The lowest BCUT2D eigenvalue weighted by molar-refractivity contribution is -0.114. The number of aromatic nitrogens is 1. The summed E-state index contributed by atoms with van der Waals surface area (Å²) < 4.78 is 10.5. The van der Waals surface area contributed by atoms with Gasteiger partial charge in [-0.3, -0.25) is 14.4 Å². The number of nitrogens with zero attached hydrogens (tertiary/aromatic N) is 1. The Hall–Kier alpha value is -5.39. The summed E-state index contributed by atoms with van der Waals surface area (Å²) in [5.74, 6) is 0.509. The molecule has 0 bridgehead atoms. The zero-order valence-corrected chi connectivity index (χ0v) is 26.6. The van der Waals surface area contributed by atoms with E-state index in [9.17, 15) is 14.4 Å². The van der Waals surface area contributed by atoms with Crippen LogP contribution < -0.4 is 25.4 Å². The average molecular weight is 651 g/mol. The zero-order valence-electron chi connectivity index (χ0n) is 25.0. The number of amides is 3. The summed E-state index contributed by atoms with van der Waals surface area (Å²) in [6.45, 7) is 0. The van der Waals surface area contributed by atoms with Gasteiger partial charge in [-0.25, -0.2) is 4.98 Å². The van der Waals surface area contributed by atoms with Crippen LogP contribution in [0.25, 0.3) is 17.3 Å². The van der Waals surface area contributed by atoms with Gasteiger partial charge in [-0.15, -0.1) is 23.1 Å². The second-order valence-corrected chi connectivity index (χ2v) is 11.6. The fourth-order valence-electron chi connectivity index (χ4n) is 4.19. The Morgan fingerprint density at radius 1 is 0.826 bits per heavy atom. The van der Waals surface area contributed by atoms with Gasteiger partial charge in [-0.2, -0.15) is 0 Å². The van der Waals surface area contributed by atoms with Gasteiger partial charge in [-0.05, 0) is 72.3 Å². The highest BCUT2D eigenvalue weighted by molar-refractivity contribution is 8.00. The number of methoxy groups -OCH3 is 2. The van der Waals surface area contributed by atoms with Gasteiger partial charge in [-0.1, -0.05) is 42.5 Å². The fourth-order valence-corrected chi connectivity index (χ4v) is 5.63. The van der Waals surface area contributed by atoms with Crippen LogP contribution in [0.15, 0.2) is 119 Å². The Morgan fingerprint density at radius 2 is 1.57 bits per heavy atom. The minimum atomic E-state index is -0.489. The van der Waals surface area contributed by atoms with Crippen LogP contribution in [0.1, 0.15) is 15.9 Å². The normalized spacial score (nSPS) is 11.0. The molecule has 0 fully saturated rings. The molecular formula is C35H30N4O5S2. The monoisotopic (exact) mass is 650 g/mol. The molecule has 232 valence electrons. The number of hydrogen-bond donors (Lipinski definition) is 3. The first-order valence-electron chi connectivity index (χ1n) is 14.1. The molecule has 0 aliphatic rings. The van der Waals surface area contributed by atoms with Gasteiger partial charge in [0.25, 0.3) is 11.8 Å². The van der Waals surface area contributed by atoms with Crippen molar-refractivity contribution in [3.05, 3.63) is 125 Å². The number of carbonyl (C=O) groups is 3. The van der Waals surface area contributed by atoms with Gasteiger partial charge in [0.05, 0.1) is 25.7 Å². The topological polar surface area (TPSA) is 119 Å². The van der Waals surface area contributed by atoms with Crippen molar-refractivity contribution in [2.24, 2.45) is 0 Å². The van der Waals surface area contributed by atoms with Crippen LogP contribution in [0.3, 0.4) is 0 Å². The van der Waals surface area contributed by atoms with Crippen molar-refractivity contribution in [1.29, 1.82) is 0 Å². The molecule has 11 heteroatoms. The highest BCUT2D eigenvalue weighted by Crippen LogP contribution is 2.28. The number of hydrogen-bond acceptors (Lipinski definition) is 8. The molecule has 1 aromatic heterocycles. The first kappa shape index (κ1) is 32.0. The van der Waals surface area contributed by atoms with Crippen molar-refractivity contribution in [2.45, 2.75) is 4.90 Å². The number of benzene rings is 4. The van der Waals surface area contributed by atoms with E-state index in [1.165, 1.54) is 23.1 Å². The Morgan fingerprint density at radius 3 is 2.28 bits per heavy atom. The van der Waals surface area contributed by atoms with Crippen LogP contribution in [0.5, 0.6) is 11.5 Å². The summed E-state index contributed by atoms with van der Waals surface area (Å²) in [4.78, 5) is 44.2. The molecule has 0 saturated carbocycles. The van der Waals surface area contributed by atoms with Gasteiger partial charge >= 0.3 is 0 Å². The van der Waals surface area contributed by atoms with Crippen molar-refractivity contribution in [2.75, 3.05) is 30.6 Å². The maximum atomic E-state index is 13.3. The van der Waals surface area contributed by atoms with E-state index in [-0.39, 0.29) is 17.4 Å². The summed E-state index contributed by atoms with van der Waals surface area (Å²) >= 11 is 2.71. The summed E-state index contributed by atoms with van der Waals surface area (Å²) in [7, 11) is 3.19. The van der Waals surface area contributed by atoms with E-state index < -0.39 is 11.8 Å². The average Bonchev–Trinajstić information content (AvgIpc) is 3.56. The third kappa shape index (κ3) is 8.84. The molecule has 5 aromatic rings. The second kappa shape index (κ2) is 15.6. The van der Waals surface area contributed by atoms with Crippen LogP contribution in [-0.4, -0.2) is 42.7 Å². The number of thioether (sulfide) groups is 1. The maximum absolute atomic E-state index is 13.3. The van der Waals surface area contributed by atoms with Crippen LogP contribution >= 0.6 is 23.1 Å². The van der Waals surface area contributed by atoms with Crippen molar-refractivity contribution in [3.63, 3.8) is 0 Å². The molecule has 0 aliphatic carbocycles. The largest absolute Gasteiger partial charge is 0.497 e. The molecule has 9 nitrogen and oxygen atoms in total. The van der Waals surface area contributed by atoms with Gasteiger partial charge in [0.15, 0.2) is 5.13 Å². The van der Waals surface area contributed by atoms with Gasteiger partial charge in [0.2, 0.25) is 5.91 Å². The minimum absolute atomic E-state index is 0.0749. The Bertz CT molecular complexity index is 1840.